The Bertz CT molecular complexity index is 343. The molecule has 0 aromatic rings. The number of halogens is 9. The summed E-state index contributed by atoms with van der Waals surface area (Å²) in [5.74, 6) is -0.289. The summed E-state index contributed by atoms with van der Waals surface area (Å²) in [7, 11) is 0. The summed E-state index contributed by atoms with van der Waals surface area (Å²) in [6.07, 6.45) is 0. The molecule has 2 bridgehead atoms. The zero-order valence-corrected chi connectivity index (χ0v) is 16.0. The average Bonchev–Trinajstić information content (AvgIpc) is 2.66. The molecule has 0 spiro atoms. The summed E-state index contributed by atoms with van der Waals surface area (Å²) in [6, 6.07) is 0. The number of rotatable bonds is 3. The van der Waals surface area contributed by atoms with Crippen molar-refractivity contribution in [2.75, 3.05) is 5.88 Å². The summed E-state index contributed by atoms with van der Waals surface area (Å²) >= 11 is 56.7. The molecule has 0 aromatic heterocycles. The van der Waals surface area contributed by atoms with Gasteiger partial charge in [0.1, 0.15) is 9.67 Å². The van der Waals surface area contributed by atoms with E-state index in [1.165, 1.54) is 0 Å². The molecule has 0 saturated heterocycles. The fraction of sp³-hybridized carbons (Fsp3) is 1.00. The van der Waals surface area contributed by atoms with E-state index in [0.29, 0.717) is 0 Å². The summed E-state index contributed by atoms with van der Waals surface area (Å²) in [4.78, 5) is -1.82. The normalized spacial score (nSPS) is 53.5. The van der Waals surface area contributed by atoms with E-state index in [1.54, 1.807) is 0 Å². The lowest BCUT2D eigenvalue weighted by molar-refractivity contribution is 0.147. The Labute approximate surface area is 157 Å². The zero-order valence-electron chi connectivity index (χ0n) is 9.15. The molecular weight excluding hydrogens is 439 g/mol. The molecule has 2 fully saturated rings. The topological polar surface area (TPSA) is 0 Å². The SMILES string of the molecule is ClC[C@@]1(C(Cl)Cl)C2[C@@H](Cl)[C@H](Cl)C1(C(Cl)Cl)[C@@H](Cl)[C@@H]2Cl. The highest BCUT2D eigenvalue weighted by Gasteiger charge is 2.82. The number of fused-ring (bicyclic) bond motifs is 2. The van der Waals surface area contributed by atoms with Crippen LogP contribution in [0.2, 0.25) is 0 Å². The Morgan fingerprint density at radius 1 is 0.789 bits per heavy atom. The Morgan fingerprint density at radius 3 is 1.42 bits per heavy atom. The van der Waals surface area contributed by atoms with Crippen LogP contribution in [0.5, 0.6) is 0 Å². The molecule has 0 aromatic carbocycles. The summed E-state index contributed by atoms with van der Waals surface area (Å²) < 4.78 is 0. The minimum Gasteiger partial charge on any atom is -0.126 e. The molecule has 2 rings (SSSR count). The molecule has 2 aliphatic carbocycles. The zero-order chi connectivity index (χ0) is 14.7. The maximum Gasteiger partial charge on any atom is 0.117 e. The molecule has 0 aliphatic heterocycles. The lowest BCUT2D eigenvalue weighted by atomic mass is 9.69. The standard InChI is InChI=1S/C10H9Cl9/c11-1-9(7(16)17)2-3(12)5(14)10(9,8(18)19)6(15)4(2)13/h2-8H,1H2/t2?,3-,4-,5+,6+,9+,10?/m1/s1. The average molecular weight is 448 g/mol. The van der Waals surface area contributed by atoms with Gasteiger partial charge in [-0.25, -0.2) is 0 Å². The Kier molecular flexibility index (Phi) is 5.59. The van der Waals surface area contributed by atoms with Crippen molar-refractivity contribution < 1.29 is 0 Å². The van der Waals surface area contributed by atoms with Crippen molar-refractivity contribution in [1.82, 2.24) is 0 Å². The van der Waals surface area contributed by atoms with Gasteiger partial charge in [0.05, 0.1) is 21.5 Å². The molecule has 0 nitrogen and oxygen atoms in total. The van der Waals surface area contributed by atoms with Gasteiger partial charge in [-0.2, -0.15) is 0 Å². The van der Waals surface area contributed by atoms with Crippen LogP contribution in [-0.4, -0.2) is 37.1 Å². The van der Waals surface area contributed by atoms with Crippen LogP contribution in [0.4, 0.5) is 0 Å². The second-order valence-electron chi connectivity index (χ2n) is 4.93. The van der Waals surface area contributed by atoms with Crippen LogP contribution < -0.4 is 0 Å². The number of alkyl halides is 9. The first-order valence-corrected chi connectivity index (χ1v) is 9.42. The smallest absolute Gasteiger partial charge is 0.117 e. The number of hydrogen-bond donors (Lipinski definition) is 0. The first-order chi connectivity index (χ1) is 8.71. The Hall–Kier alpha value is 2.61. The van der Waals surface area contributed by atoms with Crippen molar-refractivity contribution in [1.29, 1.82) is 0 Å². The lowest BCUT2D eigenvalue weighted by Crippen LogP contribution is -2.55. The largest absolute Gasteiger partial charge is 0.126 e. The third-order valence-electron chi connectivity index (χ3n) is 4.53. The molecule has 0 N–H and O–H groups in total. The summed E-state index contributed by atoms with van der Waals surface area (Å²) in [5.41, 5.74) is -1.97. The fourth-order valence-corrected chi connectivity index (χ4v) is 8.95. The van der Waals surface area contributed by atoms with Gasteiger partial charge < -0.3 is 0 Å². The van der Waals surface area contributed by atoms with Crippen molar-refractivity contribution in [3.63, 3.8) is 0 Å². The van der Waals surface area contributed by atoms with E-state index in [-0.39, 0.29) is 11.8 Å². The minimum atomic E-state index is -1.04. The van der Waals surface area contributed by atoms with Crippen LogP contribution in [0.25, 0.3) is 0 Å². The van der Waals surface area contributed by atoms with Gasteiger partial charge >= 0.3 is 0 Å². The Morgan fingerprint density at radius 2 is 1.21 bits per heavy atom. The van der Waals surface area contributed by atoms with Crippen LogP contribution in [0.3, 0.4) is 0 Å². The van der Waals surface area contributed by atoms with E-state index >= 15 is 0 Å². The van der Waals surface area contributed by atoms with E-state index < -0.39 is 42.0 Å². The highest BCUT2D eigenvalue weighted by molar-refractivity contribution is 6.49. The van der Waals surface area contributed by atoms with Crippen molar-refractivity contribution in [2.24, 2.45) is 16.7 Å². The predicted molar refractivity (Wildman–Crippen MR) is 88.6 cm³/mol. The van der Waals surface area contributed by atoms with Crippen molar-refractivity contribution in [2.45, 2.75) is 31.2 Å². The van der Waals surface area contributed by atoms with E-state index in [2.05, 4.69) is 0 Å². The second kappa shape index (κ2) is 5.91. The van der Waals surface area contributed by atoms with Gasteiger partial charge in [-0.1, -0.05) is 0 Å². The fourth-order valence-electron chi connectivity index (χ4n) is 3.63. The van der Waals surface area contributed by atoms with Gasteiger partial charge in [0.2, 0.25) is 0 Å². The van der Waals surface area contributed by atoms with Crippen LogP contribution in [0.1, 0.15) is 0 Å². The molecule has 9 heteroatoms. The quantitative estimate of drug-likeness (QED) is 0.474. The molecule has 112 valence electrons. The van der Waals surface area contributed by atoms with E-state index in [4.69, 9.17) is 104 Å². The van der Waals surface area contributed by atoms with Crippen LogP contribution in [0, 0.1) is 16.7 Å². The van der Waals surface area contributed by atoms with E-state index in [1.807, 2.05) is 0 Å². The summed E-state index contributed by atoms with van der Waals surface area (Å²) in [5, 5.41) is -2.23. The first kappa shape index (κ1) is 18.0. The van der Waals surface area contributed by atoms with Gasteiger partial charge in [-0.15, -0.1) is 104 Å². The van der Waals surface area contributed by atoms with Gasteiger partial charge in [0, 0.05) is 22.6 Å². The minimum absolute atomic E-state index is 0.0736. The third kappa shape index (κ3) is 1.94. The third-order valence-corrected chi connectivity index (χ3v) is 9.04. The van der Waals surface area contributed by atoms with Crippen LogP contribution >= 0.6 is 104 Å². The molecule has 2 saturated carbocycles. The van der Waals surface area contributed by atoms with E-state index in [0.717, 1.165) is 0 Å². The maximum absolute atomic E-state index is 6.46. The molecule has 0 radical (unpaired) electrons. The molecule has 0 unspecified atom stereocenters. The van der Waals surface area contributed by atoms with Crippen LogP contribution in [0.15, 0.2) is 0 Å². The van der Waals surface area contributed by atoms with Crippen molar-refractivity contribution >= 4 is 104 Å². The highest BCUT2D eigenvalue weighted by atomic mass is 35.5. The van der Waals surface area contributed by atoms with Gasteiger partial charge in [-0.3, -0.25) is 0 Å². The first-order valence-electron chi connectivity index (χ1n) is 5.39. The second-order valence-corrected chi connectivity index (χ2v) is 9.33. The Balaban J connectivity index is 2.72. The maximum atomic E-state index is 6.46. The molecular formula is C10H9Cl9. The van der Waals surface area contributed by atoms with Crippen LogP contribution in [-0.2, 0) is 0 Å². The van der Waals surface area contributed by atoms with Crippen molar-refractivity contribution in [3.8, 4) is 0 Å². The molecule has 19 heavy (non-hydrogen) atoms. The predicted octanol–water partition coefficient (Wildman–Crippen LogP) is 5.88. The highest BCUT2D eigenvalue weighted by Crippen LogP contribution is 2.76. The summed E-state index contributed by atoms with van der Waals surface area (Å²) in [6.45, 7) is 0. The molecule has 0 heterocycles. The van der Waals surface area contributed by atoms with Gasteiger partial charge in [0.15, 0.2) is 0 Å². The van der Waals surface area contributed by atoms with Gasteiger partial charge in [-0.05, 0) is 0 Å². The van der Waals surface area contributed by atoms with Gasteiger partial charge in [0.25, 0.3) is 0 Å². The molecule has 0 amide bonds. The monoisotopic (exact) mass is 444 g/mol. The number of hydrogen-bond acceptors (Lipinski definition) is 0. The molecule has 2 aliphatic rings. The molecule has 5 atom stereocenters. The van der Waals surface area contributed by atoms with Crippen molar-refractivity contribution in [3.05, 3.63) is 0 Å². The van der Waals surface area contributed by atoms with E-state index in [9.17, 15) is 0 Å². The lowest BCUT2D eigenvalue weighted by Gasteiger charge is -2.47.